The van der Waals surface area contributed by atoms with Crippen LogP contribution in [0.5, 0.6) is 0 Å². The molecular weight excluding hydrogens is 917 g/mol. The predicted molar refractivity (Wildman–Crippen MR) is 293 cm³/mol. The Morgan fingerprint density at radius 3 is 1.04 bits per heavy atom. The van der Waals surface area contributed by atoms with E-state index in [-0.39, 0.29) is 0 Å². The molecule has 0 N–H and O–H groups in total. The molecule has 342 valence electrons. The van der Waals surface area contributed by atoms with Crippen molar-refractivity contribution in [2.24, 2.45) is 0 Å². The first-order valence-corrected chi connectivity index (χ1v) is 26.3. The van der Waals surface area contributed by atoms with Crippen LogP contribution in [0.15, 0.2) is 231 Å². The summed E-state index contributed by atoms with van der Waals surface area (Å²) in [5.74, 6) is 3.11. The number of aromatic nitrogens is 12. The van der Waals surface area contributed by atoms with Crippen molar-refractivity contribution in [1.82, 2.24) is 56.8 Å². The first-order chi connectivity index (χ1) is 36.2. The van der Waals surface area contributed by atoms with Gasteiger partial charge in [0.05, 0.1) is 66.2 Å². The van der Waals surface area contributed by atoms with Crippen LogP contribution in [0.25, 0.3) is 101 Å². The third kappa shape index (κ3) is 5.47. The Morgan fingerprint density at radius 2 is 0.603 bits per heavy atom. The second-order valence-electron chi connectivity index (χ2n) is 18.5. The normalized spacial score (nSPS) is 12.4. The zero-order valence-electron chi connectivity index (χ0n) is 38.8. The summed E-state index contributed by atoms with van der Waals surface area (Å²) in [5, 5.41) is 3.30. The summed E-state index contributed by atoms with van der Waals surface area (Å²) in [6.07, 6.45) is 0. The molecule has 0 spiro atoms. The van der Waals surface area contributed by atoms with Crippen molar-refractivity contribution in [3.8, 4) is 17.6 Å². The Labute approximate surface area is 415 Å². The quantitative estimate of drug-likeness (QED) is 0.117. The summed E-state index contributed by atoms with van der Waals surface area (Å²) in [7, 11) is -3.62. The highest BCUT2D eigenvalue weighted by molar-refractivity contribution is 7.19. The summed E-state index contributed by atoms with van der Waals surface area (Å²) in [4.78, 5) is 33.3. The number of hydrogen-bond donors (Lipinski definition) is 0. The molecule has 73 heavy (non-hydrogen) atoms. The molecule has 13 heteroatoms. The van der Waals surface area contributed by atoms with E-state index in [1.54, 1.807) is 0 Å². The lowest BCUT2D eigenvalue weighted by atomic mass is 10.2. The summed E-state index contributed by atoms with van der Waals surface area (Å²) in [5.41, 5.74) is 13.3. The third-order valence-electron chi connectivity index (χ3n) is 14.6. The van der Waals surface area contributed by atoms with Crippen LogP contribution < -0.4 is 21.0 Å². The van der Waals surface area contributed by atoms with Crippen molar-refractivity contribution in [1.29, 1.82) is 0 Å². The molecule has 9 aromatic carbocycles. The van der Waals surface area contributed by atoms with Crippen LogP contribution in [0, 0.1) is 0 Å². The van der Waals surface area contributed by atoms with E-state index < -0.39 is 8.07 Å². The van der Waals surface area contributed by atoms with Crippen LogP contribution in [-0.4, -0.2) is 64.9 Å². The highest BCUT2D eigenvalue weighted by Crippen LogP contribution is 2.33. The van der Waals surface area contributed by atoms with E-state index in [0.29, 0.717) is 28.9 Å². The Bertz CT molecular complexity index is 4680. The van der Waals surface area contributed by atoms with Crippen LogP contribution in [-0.2, 0) is 0 Å². The smallest absolute Gasteiger partial charge is 0.241 e. The van der Waals surface area contributed by atoms with Gasteiger partial charge < -0.3 is 0 Å². The van der Waals surface area contributed by atoms with Crippen LogP contribution in [0.2, 0.25) is 0 Å². The molecule has 0 amide bonds. The third-order valence-corrected chi connectivity index (χ3v) is 19.1. The number of fused-ring (bicyclic) bond motifs is 15. The topological polar surface area (TPSA) is 105 Å². The van der Waals surface area contributed by atoms with Crippen LogP contribution in [0.4, 0.5) is 0 Å². The van der Waals surface area contributed by atoms with Crippen molar-refractivity contribution < 1.29 is 0 Å². The van der Waals surface area contributed by atoms with Crippen LogP contribution >= 0.6 is 0 Å². The molecule has 0 saturated heterocycles. The van der Waals surface area contributed by atoms with Gasteiger partial charge in [0.1, 0.15) is 5.45 Å². The van der Waals surface area contributed by atoms with Gasteiger partial charge in [-0.05, 0) is 100 Å². The minimum absolute atomic E-state index is 0.440. The van der Waals surface area contributed by atoms with Crippen LogP contribution in [0.1, 0.15) is 0 Å². The van der Waals surface area contributed by atoms with Gasteiger partial charge in [-0.3, -0.25) is 17.8 Å². The van der Waals surface area contributed by atoms with E-state index >= 15 is 0 Å². The molecule has 0 aliphatic rings. The van der Waals surface area contributed by atoms with Crippen molar-refractivity contribution in [2.45, 2.75) is 0 Å². The van der Waals surface area contributed by atoms with Gasteiger partial charge in [0.15, 0.2) is 0 Å². The number of hydrogen-bond acceptors (Lipinski definition) is 6. The van der Waals surface area contributed by atoms with Gasteiger partial charge >= 0.3 is 0 Å². The highest BCUT2D eigenvalue weighted by Gasteiger charge is 2.46. The van der Waals surface area contributed by atoms with E-state index in [9.17, 15) is 0 Å². The minimum Gasteiger partial charge on any atom is -0.278 e. The predicted octanol–water partition coefficient (Wildman–Crippen LogP) is 9.48. The Kier molecular flexibility index (Phi) is 8.19. The maximum Gasteiger partial charge on any atom is 0.241 e. The summed E-state index contributed by atoms with van der Waals surface area (Å²) < 4.78 is 13.2. The average Bonchev–Trinajstić information content (AvgIpc) is 4.30. The molecule has 7 heterocycles. The lowest BCUT2D eigenvalue weighted by molar-refractivity contribution is 0.887. The lowest BCUT2D eigenvalue weighted by Gasteiger charge is -2.32. The monoisotopic (exact) mass is 954 g/mol. The van der Waals surface area contributed by atoms with E-state index in [2.05, 4.69) is 239 Å². The molecule has 12 nitrogen and oxygen atoms in total. The van der Waals surface area contributed by atoms with Crippen LogP contribution in [0.3, 0.4) is 0 Å². The molecule has 7 aromatic heterocycles. The van der Waals surface area contributed by atoms with Crippen molar-refractivity contribution in [3.63, 3.8) is 0 Å². The van der Waals surface area contributed by atoms with E-state index in [4.69, 9.17) is 29.9 Å². The first kappa shape index (κ1) is 39.8. The van der Waals surface area contributed by atoms with E-state index in [1.807, 2.05) is 18.2 Å². The van der Waals surface area contributed by atoms with Gasteiger partial charge in [0.2, 0.25) is 37.3 Å². The molecule has 0 radical (unpaired) electrons. The zero-order valence-corrected chi connectivity index (χ0v) is 39.8. The number of para-hydroxylation sites is 12. The fourth-order valence-corrected chi connectivity index (χ4v) is 16.0. The standard InChI is InChI=1S/C60H38N12Si/c1-3-21-40(22-4-1)73(41-23-5-2-6-24-41,42-25-19-20-39(38-42)67-49-32-13-14-33-50(49)68-46-29-10-7-26-43(46)61-58(67)68)57-65-55(71-53-36-17-15-34-51(53)69-47-30-11-8-27-44(47)62-59(69)71)64-56(66-57)72-54-37-18-16-35-52(54)70-48-31-12-9-28-45(48)63-60(70)72/h1-38H. The summed E-state index contributed by atoms with van der Waals surface area (Å²) >= 11 is 0. The molecule has 0 bridgehead atoms. The lowest BCUT2D eigenvalue weighted by Crippen LogP contribution is -2.76. The Balaban J connectivity index is 1.07. The van der Waals surface area contributed by atoms with E-state index in [1.165, 1.54) is 0 Å². The van der Waals surface area contributed by atoms with Crippen molar-refractivity contribution in [2.75, 3.05) is 0 Å². The first-order valence-electron chi connectivity index (χ1n) is 24.3. The average molecular weight is 955 g/mol. The number of nitrogens with zero attached hydrogens (tertiary/aromatic N) is 12. The molecule has 0 fully saturated rings. The second kappa shape index (κ2) is 15.0. The summed E-state index contributed by atoms with van der Waals surface area (Å²) in [6, 6.07) is 80.8. The second-order valence-corrected chi connectivity index (χ2v) is 22.2. The molecule has 0 unspecified atom stereocenters. The summed E-state index contributed by atoms with van der Waals surface area (Å²) in [6.45, 7) is 0. The maximum absolute atomic E-state index is 5.87. The van der Waals surface area contributed by atoms with Crippen molar-refractivity contribution in [3.05, 3.63) is 231 Å². The molecule has 0 aliphatic heterocycles. The Hall–Kier alpha value is -9.98. The van der Waals surface area contributed by atoms with E-state index in [0.717, 1.165) is 93.2 Å². The molecule has 0 saturated carbocycles. The van der Waals surface area contributed by atoms with Gasteiger partial charge in [0, 0.05) is 5.69 Å². The fourth-order valence-electron chi connectivity index (χ4n) is 11.6. The van der Waals surface area contributed by atoms with Gasteiger partial charge in [-0.25, -0.2) is 34.1 Å². The molecule has 0 atom stereocenters. The molecular formula is C60H38N12Si. The maximum atomic E-state index is 5.87. The largest absolute Gasteiger partial charge is 0.278 e. The van der Waals surface area contributed by atoms with Gasteiger partial charge in [-0.1, -0.05) is 146 Å². The molecule has 0 aliphatic carbocycles. The fraction of sp³-hybridized carbons (Fsp3) is 0. The molecule has 16 aromatic rings. The number of imidazole rings is 6. The van der Waals surface area contributed by atoms with Gasteiger partial charge in [0.25, 0.3) is 0 Å². The van der Waals surface area contributed by atoms with Gasteiger partial charge in [-0.15, -0.1) is 0 Å². The van der Waals surface area contributed by atoms with Crippen molar-refractivity contribution >= 4 is 113 Å². The Morgan fingerprint density at radius 1 is 0.260 bits per heavy atom. The highest BCUT2D eigenvalue weighted by atomic mass is 28.3. The SMILES string of the molecule is c1ccc([Si](c2ccccc2)(c2cccc(-n3c4ccccc4n4c5ccccc5nc34)c2)c2nc(-n3c4ccccc4n4c5ccccc5nc34)nc(-n3c4ccccc4n4c5ccccc5nc34)n2)cc1. The molecule has 16 rings (SSSR count). The zero-order chi connectivity index (χ0) is 47.8. The number of rotatable bonds is 7. The number of benzene rings is 9. The van der Waals surface area contributed by atoms with Gasteiger partial charge in [-0.2, -0.15) is 4.98 Å². The minimum atomic E-state index is -3.62.